The van der Waals surface area contributed by atoms with Crippen molar-refractivity contribution in [1.29, 1.82) is 0 Å². The lowest BCUT2D eigenvalue weighted by Gasteiger charge is -2.19. The number of aromatic nitrogens is 4. The average molecular weight is 383 g/mol. The van der Waals surface area contributed by atoms with Crippen molar-refractivity contribution in [3.63, 3.8) is 0 Å². The van der Waals surface area contributed by atoms with Gasteiger partial charge in [0.05, 0.1) is 17.9 Å². The number of hydrogen-bond donors (Lipinski definition) is 2. The average Bonchev–Trinajstić information content (AvgIpc) is 3.23. The van der Waals surface area contributed by atoms with Crippen LogP contribution in [0, 0.1) is 0 Å². The summed E-state index contributed by atoms with van der Waals surface area (Å²) in [7, 11) is 0. The first kappa shape index (κ1) is 17.1. The molecule has 7 nitrogen and oxygen atoms in total. The number of anilines is 1. The van der Waals surface area contributed by atoms with Gasteiger partial charge < -0.3 is 14.7 Å². The summed E-state index contributed by atoms with van der Waals surface area (Å²) in [6.07, 6.45) is 3.01. The van der Waals surface area contributed by atoms with Gasteiger partial charge in [-0.05, 0) is 18.6 Å². The van der Waals surface area contributed by atoms with Crippen molar-refractivity contribution in [2.24, 2.45) is 0 Å². The van der Waals surface area contributed by atoms with Crippen LogP contribution in [0.4, 0.5) is 5.82 Å². The molecule has 7 heteroatoms. The predicted molar refractivity (Wildman–Crippen MR) is 112 cm³/mol. The Morgan fingerprint density at radius 3 is 2.66 bits per heavy atom. The van der Waals surface area contributed by atoms with Crippen LogP contribution in [0.25, 0.3) is 33.3 Å². The third kappa shape index (κ3) is 2.93. The number of fused-ring (bicyclic) bond motifs is 2. The Hall–Kier alpha value is -4.00. The van der Waals surface area contributed by atoms with Gasteiger partial charge in [-0.15, -0.1) is 0 Å². The monoisotopic (exact) mass is 383 g/mol. The molecule has 0 amide bonds. The molecule has 0 saturated heterocycles. The minimum absolute atomic E-state index is 0.368. The van der Waals surface area contributed by atoms with Crippen LogP contribution in [0.2, 0.25) is 0 Å². The molecule has 3 aromatic heterocycles. The van der Waals surface area contributed by atoms with Gasteiger partial charge in [0.1, 0.15) is 17.4 Å². The number of imidazole rings is 1. The van der Waals surface area contributed by atoms with E-state index in [1.807, 2.05) is 61.5 Å². The van der Waals surface area contributed by atoms with E-state index in [0.29, 0.717) is 28.1 Å². The topological polar surface area (TPSA) is 96.7 Å². The molecular formula is C22H17N5O2. The van der Waals surface area contributed by atoms with E-state index in [9.17, 15) is 4.79 Å². The van der Waals surface area contributed by atoms with Crippen LogP contribution >= 0.6 is 0 Å². The molecule has 0 aliphatic heterocycles. The quantitative estimate of drug-likeness (QED) is 0.449. The van der Waals surface area contributed by atoms with Crippen LogP contribution in [-0.4, -0.2) is 19.9 Å². The van der Waals surface area contributed by atoms with Crippen molar-refractivity contribution in [3.8, 4) is 11.1 Å². The van der Waals surface area contributed by atoms with Crippen LogP contribution in [0.5, 0.6) is 0 Å². The number of aromatic amines is 1. The summed E-state index contributed by atoms with van der Waals surface area (Å²) in [5.74, 6) is 0.576. The maximum atomic E-state index is 13.0. The molecule has 1 atom stereocenters. The van der Waals surface area contributed by atoms with Crippen LogP contribution in [0.1, 0.15) is 18.5 Å². The maximum Gasteiger partial charge on any atom is 0.342 e. The van der Waals surface area contributed by atoms with E-state index in [0.717, 1.165) is 16.5 Å². The van der Waals surface area contributed by atoms with Gasteiger partial charge in [-0.1, -0.05) is 48.5 Å². The zero-order valence-electron chi connectivity index (χ0n) is 15.6. The van der Waals surface area contributed by atoms with Crippen molar-refractivity contribution in [2.75, 3.05) is 5.32 Å². The van der Waals surface area contributed by atoms with Crippen LogP contribution in [0.15, 0.2) is 76.5 Å². The van der Waals surface area contributed by atoms with Crippen molar-refractivity contribution < 1.29 is 4.42 Å². The van der Waals surface area contributed by atoms with Crippen molar-refractivity contribution in [3.05, 3.63) is 83.2 Å². The highest BCUT2D eigenvalue weighted by Gasteiger charge is 2.22. The maximum absolute atomic E-state index is 13.0. The summed E-state index contributed by atoms with van der Waals surface area (Å²) in [5, 5.41) is 4.21. The molecule has 29 heavy (non-hydrogen) atoms. The van der Waals surface area contributed by atoms with E-state index in [1.165, 1.54) is 6.33 Å². The first-order valence-corrected chi connectivity index (χ1v) is 9.24. The predicted octanol–water partition coefficient (Wildman–Crippen LogP) is 4.30. The smallest absolute Gasteiger partial charge is 0.342 e. The summed E-state index contributed by atoms with van der Waals surface area (Å²) in [5.41, 5.74) is 3.78. The Labute approximate surface area is 165 Å². The molecule has 5 aromatic rings. The van der Waals surface area contributed by atoms with Gasteiger partial charge >= 0.3 is 5.63 Å². The lowest BCUT2D eigenvalue weighted by Crippen LogP contribution is -2.19. The summed E-state index contributed by atoms with van der Waals surface area (Å²) in [6, 6.07) is 17.1. The van der Waals surface area contributed by atoms with Gasteiger partial charge in [-0.2, -0.15) is 0 Å². The SMILES string of the molecule is CC(Nc1ncnc2nc[nH]c12)c1c(-c2ccccc2)c2ccccc2oc1=O. The zero-order valence-corrected chi connectivity index (χ0v) is 15.6. The molecule has 0 spiro atoms. The summed E-state index contributed by atoms with van der Waals surface area (Å²) in [4.78, 5) is 28.6. The molecule has 2 aromatic carbocycles. The minimum Gasteiger partial charge on any atom is -0.422 e. The van der Waals surface area contributed by atoms with E-state index in [2.05, 4.69) is 25.3 Å². The highest BCUT2D eigenvalue weighted by Crippen LogP contribution is 2.34. The van der Waals surface area contributed by atoms with Crippen LogP contribution in [-0.2, 0) is 0 Å². The number of nitrogens with zero attached hydrogens (tertiary/aromatic N) is 3. The molecular weight excluding hydrogens is 366 g/mol. The van der Waals surface area contributed by atoms with Crippen molar-refractivity contribution >= 4 is 28.0 Å². The van der Waals surface area contributed by atoms with Gasteiger partial charge in [-0.3, -0.25) is 0 Å². The van der Waals surface area contributed by atoms with E-state index in [-0.39, 0.29) is 11.7 Å². The number of rotatable bonds is 4. The highest BCUT2D eigenvalue weighted by molar-refractivity contribution is 5.95. The van der Waals surface area contributed by atoms with Crippen LogP contribution < -0.4 is 10.9 Å². The Kier molecular flexibility index (Phi) is 4.05. The fourth-order valence-corrected chi connectivity index (χ4v) is 3.63. The lowest BCUT2D eigenvalue weighted by atomic mass is 9.94. The van der Waals surface area contributed by atoms with Crippen molar-refractivity contribution in [1.82, 2.24) is 19.9 Å². The highest BCUT2D eigenvalue weighted by atomic mass is 16.4. The molecule has 0 aliphatic rings. The second-order valence-electron chi connectivity index (χ2n) is 6.73. The number of hydrogen-bond acceptors (Lipinski definition) is 6. The minimum atomic E-state index is -0.377. The van der Waals surface area contributed by atoms with Crippen LogP contribution in [0.3, 0.4) is 0 Å². The Bertz CT molecular complexity index is 1370. The second-order valence-corrected chi connectivity index (χ2v) is 6.73. The molecule has 0 bridgehead atoms. The Balaban J connectivity index is 1.71. The number of para-hydroxylation sites is 1. The van der Waals surface area contributed by atoms with Gasteiger partial charge in [0.25, 0.3) is 0 Å². The summed E-state index contributed by atoms with van der Waals surface area (Å²) >= 11 is 0. The molecule has 5 rings (SSSR count). The first-order valence-electron chi connectivity index (χ1n) is 9.24. The third-order valence-electron chi connectivity index (χ3n) is 4.92. The molecule has 0 radical (unpaired) electrons. The number of H-pyrrole nitrogens is 1. The normalized spacial score (nSPS) is 12.3. The molecule has 0 aliphatic carbocycles. The molecule has 0 saturated carbocycles. The van der Waals surface area contributed by atoms with Gasteiger partial charge in [0.15, 0.2) is 11.5 Å². The largest absolute Gasteiger partial charge is 0.422 e. The number of benzene rings is 2. The van der Waals surface area contributed by atoms with Gasteiger partial charge in [0.2, 0.25) is 0 Å². The molecule has 3 heterocycles. The molecule has 1 unspecified atom stereocenters. The molecule has 2 N–H and O–H groups in total. The first-order chi connectivity index (χ1) is 14.2. The standard InChI is InChI=1S/C22H17N5O2/c1-13(27-21-19-20(24-11-23-19)25-12-26-21)17-18(14-7-3-2-4-8-14)15-9-5-6-10-16(15)29-22(17)28/h2-13H,1H3,(H2,23,24,25,26,27). The Morgan fingerprint density at radius 1 is 1.00 bits per heavy atom. The van der Waals surface area contributed by atoms with Crippen molar-refractivity contribution in [2.45, 2.75) is 13.0 Å². The second kappa shape index (κ2) is 6.87. The molecule has 0 fully saturated rings. The van der Waals surface area contributed by atoms with E-state index in [1.54, 1.807) is 6.33 Å². The zero-order chi connectivity index (χ0) is 19.8. The third-order valence-corrected chi connectivity index (χ3v) is 4.92. The number of nitrogens with one attached hydrogen (secondary N) is 2. The molecule has 142 valence electrons. The van der Waals surface area contributed by atoms with Gasteiger partial charge in [-0.25, -0.2) is 19.7 Å². The van der Waals surface area contributed by atoms with E-state index in [4.69, 9.17) is 4.42 Å². The van der Waals surface area contributed by atoms with E-state index >= 15 is 0 Å². The Morgan fingerprint density at radius 2 is 1.79 bits per heavy atom. The lowest BCUT2D eigenvalue weighted by molar-refractivity contribution is 0.546. The fraction of sp³-hybridized carbons (Fsp3) is 0.0909. The van der Waals surface area contributed by atoms with E-state index < -0.39 is 0 Å². The fourth-order valence-electron chi connectivity index (χ4n) is 3.63. The summed E-state index contributed by atoms with van der Waals surface area (Å²) < 4.78 is 5.64. The van der Waals surface area contributed by atoms with Gasteiger partial charge in [0, 0.05) is 10.9 Å². The summed E-state index contributed by atoms with van der Waals surface area (Å²) in [6.45, 7) is 1.91.